The van der Waals surface area contributed by atoms with Crippen LogP contribution in [0.3, 0.4) is 0 Å². The van der Waals surface area contributed by atoms with Crippen LogP contribution in [0.5, 0.6) is 0 Å². The fourth-order valence-corrected chi connectivity index (χ4v) is 2.13. The minimum Gasteiger partial charge on any atom is -0.398 e. The number of hydrogen-bond acceptors (Lipinski definition) is 5. The van der Waals surface area contributed by atoms with E-state index < -0.39 is 11.9 Å². The first kappa shape index (κ1) is 13.6. The van der Waals surface area contributed by atoms with E-state index in [1.54, 1.807) is 12.3 Å². The fourth-order valence-electron chi connectivity index (χ4n) is 2.13. The van der Waals surface area contributed by atoms with E-state index in [4.69, 9.17) is 16.2 Å². The summed E-state index contributed by atoms with van der Waals surface area (Å²) in [6.07, 6.45) is 1.60. The maximum atomic E-state index is 11.6. The molecule has 7 heteroatoms. The first-order chi connectivity index (χ1) is 9.08. The highest BCUT2D eigenvalue weighted by atomic mass is 16.5. The highest BCUT2D eigenvalue weighted by molar-refractivity contribution is 5.80. The summed E-state index contributed by atoms with van der Waals surface area (Å²) in [7, 11) is 0. The molecule has 1 aromatic rings. The third-order valence-corrected chi connectivity index (χ3v) is 3.20. The lowest BCUT2D eigenvalue weighted by molar-refractivity contribution is -0.129. The van der Waals surface area contributed by atoms with E-state index in [1.165, 1.54) is 10.6 Å². The molecular formula is C12H18N4O3. The van der Waals surface area contributed by atoms with Crippen molar-refractivity contribution in [1.82, 2.24) is 9.47 Å². The number of primary amides is 1. The second kappa shape index (κ2) is 5.85. The van der Waals surface area contributed by atoms with Crippen molar-refractivity contribution in [3.8, 4) is 0 Å². The number of nitrogens with two attached hydrogens (primary N) is 2. The maximum absolute atomic E-state index is 11.6. The van der Waals surface area contributed by atoms with E-state index in [0.29, 0.717) is 38.5 Å². The van der Waals surface area contributed by atoms with Crippen LogP contribution in [0.15, 0.2) is 23.1 Å². The smallest absolute Gasteiger partial charge is 0.250 e. The van der Waals surface area contributed by atoms with Gasteiger partial charge in [-0.25, -0.2) is 0 Å². The molecule has 1 aliphatic heterocycles. The zero-order valence-corrected chi connectivity index (χ0v) is 10.6. The fraction of sp³-hybridized carbons (Fsp3) is 0.500. The number of hydrogen-bond donors (Lipinski definition) is 2. The Labute approximate surface area is 110 Å². The summed E-state index contributed by atoms with van der Waals surface area (Å²) in [5.74, 6) is -0.403. The van der Waals surface area contributed by atoms with Gasteiger partial charge in [0.2, 0.25) is 5.91 Å². The molecule has 104 valence electrons. The highest BCUT2D eigenvalue weighted by Crippen LogP contribution is 2.06. The van der Waals surface area contributed by atoms with E-state index in [-0.39, 0.29) is 5.56 Å². The zero-order valence-electron chi connectivity index (χ0n) is 10.6. The van der Waals surface area contributed by atoms with Gasteiger partial charge in [-0.1, -0.05) is 0 Å². The van der Waals surface area contributed by atoms with Crippen molar-refractivity contribution in [1.29, 1.82) is 0 Å². The summed E-state index contributed by atoms with van der Waals surface area (Å²) in [4.78, 5) is 24.9. The predicted octanol–water partition coefficient (Wildman–Crippen LogP) is -1.38. The molecule has 1 amide bonds. The normalized spacial score (nSPS) is 20.3. The number of carbonyl (C=O) groups excluding carboxylic acids is 1. The Morgan fingerprint density at radius 2 is 2.21 bits per heavy atom. The van der Waals surface area contributed by atoms with Gasteiger partial charge in [-0.05, 0) is 6.07 Å². The average molecular weight is 266 g/mol. The third-order valence-electron chi connectivity index (χ3n) is 3.20. The van der Waals surface area contributed by atoms with Crippen LogP contribution in [0.4, 0.5) is 5.69 Å². The molecule has 0 radical (unpaired) electrons. The Morgan fingerprint density at radius 3 is 2.95 bits per heavy atom. The molecule has 1 fully saturated rings. The molecule has 1 atom stereocenters. The van der Waals surface area contributed by atoms with E-state index >= 15 is 0 Å². The van der Waals surface area contributed by atoms with Gasteiger partial charge in [0.05, 0.1) is 13.2 Å². The number of rotatable bonds is 4. The van der Waals surface area contributed by atoms with Gasteiger partial charge in [-0.15, -0.1) is 0 Å². The summed E-state index contributed by atoms with van der Waals surface area (Å²) in [6.45, 7) is 2.52. The number of morpholine rings is 1. The van der Waals surface area contributed by atoms with E-state index in [0.717, 1.165) is 0 Å². The van der Waals surface area contributed by atoms with E-state index in [2.05, 4.69) is 0 Å². The average Bonchev–Trinajstić information content (AvgIpc) is 2.40. The van der Waals surface area contributed by atoms with Crippen molar-refractivity contribution >= 4 is 11.6 Å². The Hall–Kier alpha value is -1.86. The lowest BCUT2D eigenvalue weighted by Gasteiger charge is -2.33. The van der Waals surface area contributed by atoms with Crippen LogP contribution in [-0.2, 0) is 16.1 Å². The second-order valence-electron chi connectivity index (χ2n) is 4.52. The second-order valence-corrected chi connectivity index (χ2v) is 4.52. The first-order valence-electron chi connectivity index (χ1n) is 6.15. The molecule has 19 heavy (non-hydrogen) atoms. The van der Waals surface area contributed by atoms with Crippen molar-refractivity contribution < 1.29 is 9.53 Å². The van der Waals surface area contributed by atoms with Gasteiger partial charge in [0, 0.05) is 37.6 Å². The minimum absolute atomic E-state index is 0.113. The van der Waals surface area contributed by atoms with Crippen molar-refractivity contribution in [2.24, 2.45) is 5.73 Å². The Kier molecular flexibility index (Phi) is 4.18. The number of nitrogen functional groups attached to an aromatic ring is 1. The molecule has 2 heterocycles. The lowest BCUT2D eigenvalue weighted by atomic mass is 10.2. The van der Waals surface area contributed by atoms with Gasteiger partial charge in [-0.3, -0.25) is 14.5 Å². The van der Waals surface area contributed by atoms with Gasteiger partial charge in [0.25, 0.3) is 5.56 Å². The molecule has 2 rings (SSSR count). The van der Waals surface area contributed by atoms with Crippen molar-refractivity contribution in [3.05, 3.63) is 28.7 Å². The van der Waals surface area contributed by atoms with Crippen molar-refractivity contribution in [3.63, 3.8) is 0 Å². The van der Waals surface area contributed by atoms with Gasteiger partial charge < -0.3 is 20.8 Å². The van der Waals surface area contributed by atoms with Crippen LogP contribution in [0.1, 0.15) is 0 Å². The number of nitrogens with zero attached hydrogens (tertiary/aromatic N) is 2. The number of pyridine rings is 1. The summed E-state index contributed by atoms with van der Waals surface area (Å²) >= 11 is 0. The van der Waals surface area contributed by atoms with Gasteiger partial charge in [-0.2, -0.15) is 0 Å². The standard InChI is InChI=1S/C12H18N4O3/c13-9-1-2-11(17)16(7-9)4-3-15-5-6-19-8-10(15)12(14)18/h1-2,7,10H,3-6,8,13H2,(H2,14,18). The molecule has 0 aliphatic carbocycles. The van der Waals surface area contributed by atoms with Crippen LogP contribution in [-0.4, -0.2) is 47.7 Å². The van der Waals surface area contributed by atoms with Crippen molar-refractivity contribution in [2.75, 3.05) is 32.0 Å². The number of ether oxygens (including phenoxy) is 1. The molecule has 4 N–H and O–H groups in total. The lowest BCUT2D eigenvalue weighted by Crippen LogP contribution is -2.53. The molecular weight excluding hydrogens is 248 g/mol. The van der Waals surface area contributed by atoms with Crippen LogP contribution in [0.2, 0.25) is 0 Å². The number of aromatic nitrogens is 1. The van der Waals surface area contributed by atoms with Gasteiger partial charge in [0.15, 0.2) is 0 Å². The quantitative estimate of drug-likeness (QED) is 0.699. The summed E-state index contributed by atoms with van der Waals surface area (Å²) in [5.41, 5.74) is 11.4. The van der Waals surface area contributed by atoms with E-state index in [9.17, 15) is 9.59 Å². The minimum atomic E-state index is -0.425. The maximum Gasteiger partial charge on any atom is 0.250 e. The molecule has 0 spiro atoms. The van der Waals surface area contributed by atoms with Crippen molar-refractivity contribution in [2.45, 2.75) is 12.6 Å². The summed E-state index contributed by atoms with van der Waals surface area (Å²) in [5, 5.41) is 0. The molecule has 1 aliphatic rings. The van der Waals surface area contributed by atoms with Crippen LogP contribution >= 0.6 is 0 Å². The molecule has 1 unspecified atom stereocenters. The Bertz CT molecular complexity index is 514. The Balaban J connectivity index is 2.02. The predicted molar refractivity (Wildman–Crippen MR) is 70.5 cm³/mol. The molecule has 0 saturated carbocycles. The number of amides is 1. The number of anilines is 1. The molecule has 7 nitrogen and oxygen atoms in total. The van der Waals surface area contributed by atoms with Crippen LogP contribution in [0.25, 0.3) is 0 Å². The molecule has 0 bridgehead atoms. The van der Waals surface area contributed by atoms with Crippen LogP contribution in [0, 0.1) is 0 Å². The molecule has 1 aromatic heterocycles. The highest BCUT2D eigenvalue weighted by Gasteiger charge is 2.27. The largest absolute Gasteiger partial charge is 0.398 e. The SMILES string of the molecule is NC(=O)C1COCCN1CCn1cc(N)ccc1=O. The van der Waals surface area contributed by atoms with Gasteiger partial charge in [0.1, 0.15) is 6.04 Å². The first-order valence-corrected chi connectivity index (χ1v) is 6.15. The van der Waals surface area contributed by atoms with Gasteiger partial charge >= 0.3 is 0 Å². The Morgan fingerprint density at radius 1 is 1.42 bits per heavy atom. The zero-order chi connectivity index (χ0) is 13.8. The van der Waals surface area contributed by atoms with E-state index in [1.807, 2.05) is 4.90 Å². The van der Waals surface area contributed by atoms with Crippen LogP contribution < -0.4 is 17.0 Å². The molecule has 0 aromatic carbocycles. The monoisotopic (exact) mass is 266 g/mol. The summed E-state index contributed by atoms with van der Waals surface area (Å²) in [6, 6.07) is 2.57. The number of carbonyl (C=O) groups is 1. The summed E-state index contributed by atoms with van der Waals surface area (Å²) < 4.78 is 6.77. The topological polar surface area (TPSA) is 104 Å². The third kappa shape index (κ3) is 3.33. The molecule has 1 saturated heterocycles.